The van der Waals surface area contributed by atoms with Crippen LogP contribution in [0.1, 0.15) is 5.69 Å². The lowest BCUT2D eigenvalue weighted by molar-refractivity contribution is 0.902. The fourth-order valence-corrected chi connectivity index (χ4v) is 1.22. The van der Waals surface area contributed by atoms with Gasteiger partial charge in [-0.1, -0.05) is 0 Å². The van der Waals surface area contributed by atoms with Gasteiger partial charge in [0.25, 0.3) is 0 Å². The van der Waals surface area contributed by atoms with Crippen molar-refractivity contribution < 1.29 is 0 Å². The van der Waals surface area contributed by atoms with Gasteiger partial charge in [-0.15, -0.1) is 0 Å². The van der Waals surface area contributed by atoms with Crippen molar-refractivity contribution in [2.75, 3.05) is 0 Å². The van der Waals surface area contributed by atoms with E-state index in [1.807, 2.05) is 6.07 Å². The van der Waals surface area contributed by atoms with Gasteiger partial charge in [-0.3, -0.25) is 0 Å². The van der Waals surface area contributed by atoms with Crippen LogP contribution in [0.4, 0.5) is 0 Å². The first-order valence-electron chi connectivity index (χ1n) is 3.21. The summed E-state index contributed by atoms with van der Waals surface area (Å²) >= 11 is 3.21. The second-order valence-corrected chi connectivity index (χ2v) is 2.99. The van der Waals surface area contributed by atoms with Crippen molar-refractivity contribution in [1.82, 2.24) is 14.6 Å². The zero-order valence-electron chi connectivity index (χ0n) is 5.90. The molecule has 0 fully saturated rings. The molecule has 0 amide bonds. The van der Waals surface area contributed by atoms with E-state index in [4.69, 9.17) is 5.26 Å². The standard InChI is InChI=1S/C7H3BrN4/c8-6-1-2-7-10-4-5(3-9)12(7)11-6/h1-2,4H. The average Bonchev–Trinajstić information content (AvgIpc) is 2.46. The summed E-state index contributed by atoms with van der Waals surface area (Å²) in [5.41, 5.74) is 1.11. The Hall–Kier alpha value is -1.41. The quantitative estimate of drug-likeness (QED) is 0.677. The van der Waals surface area contributed by atoms with Crippen LogP contribution in [0.15, 0.2) is 22.9 Å². The topological polar surface area (TPSA) is 54.0 Å². The maximum atomic E-state index is 8.65. The van der Waals surface area contributed by atoms with Crippen molar-refractivity contribution >= 4 is 21.6 Å². The molecule has 2 heterocycles. The Bertz CT molecular complexity index is 468. The van der Waals surface area contributed by atoms with Crippen LogP contribution in [-0.2, 0) is 0 Å². The molecule has 0 unspecified atom stereocenters. The number of aromatic nitrogens is 3. The van der Waals surface area contributed by atoms with Crippen LogP contribution in [0.3, 0.4) is 0 Å². The molecule has 2 aromatic rings. The van der Waals surface area contributed by atoms with E-state index < -0.39 is 0 Å². The molecular formula is C7H3BrN4. The van der Waals surface area contributed by atoms with Gasteiger partial charge in [0.1, 0.15) is 10.7 Å². The van der Waals surface area contributed by atoms with Crippen LogP contribution < -0.4 is 0 Å². The fraction of sp³-hybridized carbons (Fsp3) is 0. The van der Waals surface area contributed by atoms with E-state index >= 15 is 0 Å². The predicted molar refractivity (Wildman–Crippen MR) is 45.4 cm³/mol. The van der Waals surface area contributed by atoms with Gasteiger partial charge >= 0.3 is 0 Å². The number of hydrogen-bond donors (Lipinski definition) is 0. The third kappa shape index (κ3) is 0.970. The minimum absolute atomic E-state index is 0.436. The first kappa shape index (κ1) is 7.25. The number of halogens is 1. The second-order valence-electron chi connectivity index (χ2n) is 2.18. The Morgan fingerprint density at radius 2 is 2.33 bits per heavy atom. The highest BCUT2D eigenvalue weighted by Gasteiger charge is 2.02. The predicted octanol–water partition coefficient (Wildman–Crippen LogP) is 1.36. The normalized spacial score (nSPS) is 10.0. The van der Waals surface area contributed by atoms with E-state index in [1.54, 1.807) is 12.1 Å². The lowest BCUT2D eigenvalue weighted by Gasteiger charge is -1.92. The maximum Gasteiger partial charge on any atom is 0.162 e. The highest BCUT2D eigenvalue weighted by atomic mass is 79.9. The van der Waals surface area contributed by atoms with E-state index in [2.05, 4.69) is 26.0 Å². The first-order chi connectivity index (χ1) is 5.81. The largest absolute Gasteiger partial charge is 0.234 e. The number of fused-ring (bicyclic) bond motifs is 1. The summed E-state index contributed by atoms with van der Waals surface area (Å²) in [6.45, 7) is 0. The van der Waals surface area contributed by atoms with Crippen LogP contribution in [0.5, 0.6) is 0 Å². The lowest BCUT2D eigenvalue weighted by Crippen LogP contribution is -1.93. The molecule has 0 radical (unpaired) electrons. The smallest absolute Gasteiger partial charge is 0.162 e. The molecular weight excluding hydrogens is 220 g/mol. The summed E-state index contributed by atoms with van der Waals surface area (Å²) in [6, 6.07) is 5.57. The lowest BCUT2D eigenvalue weighted by atomic mass is 10.5. The molecule has 4 nitrogen and oxygen atoms in total. The van der Waals surface area contributed by atoms with Crippen molar-refractivity contribution in [1.29, 1.82) is 5.26 Å². The first-order valence-corrected chi connectivity index (χ1v) is 4.01. The number of hydrogen-bond acceptors (Lipinski definition) is 3. The van der Waals surface area contributed by atoms with Crippen molar-refractivity contribution in [3.8, 4) is 6.07 Å². The van der Waals surface area contributed by atoms with Crippen LogP contribution in [0, 0.1) is 11.3 Å². The average molecular weight is 223 g/mol. The van der Waals surface area contributed by atoms with Gasteiger partial charge in [-0.05, 0) is 28.1 Å². The molecule has 0 spiro atoms. The van der Waals surface area contributed by atoms with E-state index in [9.17, 15) is 0 Å². The molecule has 0 N–H and O–H groups in total. The van der Waals surface area contributed by atoms with Gasteiger partial charge in [0.2, 0.25) is 0 Å². The van der Waals surface area contributed by atoms with Crippen LogP contribution in [0.25, 0.3) is 5.65 Å². The molecule has 58 valence electrons. The molecule has 5 heteroatoms. The molecule has 0 saturated heterocycles. The van der Waals surface area contributed by atoms with Gasteiger partial charge < -0.3 is 0 Å². The maximum absolute atomic E-state index is 8.65. The highest BCUT2D eigenvalue weighted by molar-refractivity contribution is 9.10. The number of rotatable bonds is 0. The number of imidazole rings is 1. The van der Waals surface area contributed by atoms with Crippen molar-refractivity contribution in [2.24, 2.45) is 0 Å². The van der Waals surface area contributed by atoms with E-state index in [1.165, 1.54) is 10.7 Å². The van der Waals surface area contributed by atoms with Crippen LogP contribution in [-0.4, -0.2) is 14.6 Å². The van der Waals surface area contributed by atoms with E-state index in [0.717, 1.165) is 0 Å². The Balaban J connectivity index is 2.86. The highest BCUT2D eigenvalue weighted by Crippen LogP contribution is 2.08. The van der Waals surface area contributed by atoms with Crippen molar-refractivity contribution in [3.63, 3.8) is 0 Å². The molecule has 0 aromatic carbocycles. The molecule has 0 aliphatic rings. The van der Waals surface area contributed by atoms with Crippen LogP contribution in [0.2, 0.25) is 0 Å². The van der Waals surface area contributed by atoms with Gasteiger partial charge in [0.05, 0.1) is 6.20 Å². The zero-order valence-corrected chi connectivity index (χ0v) is 7.48. The van der Waals surface area contributed by atoms with Gasteiger partial charge in [-0.2, -0.15) is 10.4 Å². The summed E-state index contributed by atoms with van der Waals surface area (Å²) in [7, 11) is 0. The Morgan fingerprint density at radius 1 is 1.50 bits per heavy atom. The molecule has 0 aliphatic heterocycles. The molecule has 0 saturated carbocycles. The SMILES string of the molecule is N#Cc1cnc2ccc(Br)nn12. The monoisotopic (exact) mass is 222 g/mol. The molecule has 12 heavy (non-hydrogen) atoms. The summed E-state index contributed by atoms with van der Waals surface area (Å²) < 4.78 is 2.17. The van der Waals surface area contributed by atoms with E-state index in [-0.39, 0.29) is 0 Å². The zero-order chi connectivity index (χ0) is 8.55. The fourth-order valence-electron chi connectivity index (χ4n) is 0.927. The third-order valence-electron chi connectivity index (χ3n) is 1.44. The van der Waals surface area contributed by atoms with Gasteiger partial charge in [-0.25, -0.2) is 9.50 Å². The van der Waals surface area contributed by atoms with Gasteiger partial charge in [0, 0.05) is 0 Å². The Kier molecular flexibility index (Phi) is 1.55. The summed E-state index contributed by atoms with van der Waals surface area (Å²) in [4.78, 5) is 3.99. The number of nitrogens with zero attached hydrogens (tertiary/aromatic N) is 4. The summed E-state index contributed by atoms with van der Waals surface area (Å²) in [6.07, 6.45) is 1.49. The minimum atomic E-state index is 0.436. The molecule has 2 rings (SSSR count). The summed E-state index contributed by atoms with van der Waals surface area (Å²) in [5.74, 6) is 0. The Morgan fingerprint density at radius 3 is 3.08 bits per heavy atom. The van der Waals surface area contributed by atoms with Gasteiger partial charge in [0.15, 0.2) is 11.3 Å². The third-order valence-corrected chi connectivity index (χ3v) is 1.87. The van der Waals surface area contributed by atoms with Crippen molar-refractivity contribution in [2.45, 2.75) is 0 Å². The molecule has 0 bridgehead atoms. The van der Waals surface area contributed by atoms with E-state index in [0.29, 0.717) is 15.9 Å². The van der Waals surface area contributed by atoms with Crippen LogP contribution >= 0.6 is 15.9 Å². The molecule has 0 aliphatic carbocycles. The summed E-state index contributed by atoms with van der Waals surface area (Å²) in [5, 5.41) is 12.7. The van der Waals surface area contributed by atoms with Crippen molar-refractivity contribution in [3.05, 3.63) is 28.6 Å². The number of nitriles is 1. The molecule has 0 atom stereocenters. The molecule has 2 aromatic heterocycles. The second kappa shape index (κ2) is 2.57. The Labute approximate surface area is 76.6 Å². The minimum Gasteiger partial charge on any atom is -0.234 e.